The number of likely N-dealkylation sites (N-methyl/N-ethyl adjacent to an activating group) is 1. The van der Waals surface area contributed by atoms with Crippen molar-refractivity contribution in [2.75, 3.05) is 37.0 Å². The third-order valence-electron chi connectivity index (χ3n) is 4.19. The maximum atomic E-state index is 11.4. The fourth-order valence-corrected chi connectivity index (χ4v) is 3.12. The molecular formula is C17H23N5O2. The molecule has 0 fully saturated rings. The minimum Gasteiger partial charge on any atom is -0.373 e. The molecule has 0 bridgehead atoms. The number of hydrogen-bond acceptors (Lipinski definition) is 6. The molecule has 1 aromatic carbocycles. The standard InChI is InChI=1S/C17H23N5O2/c1-12-9-21(3)13-6-4-5-7-14(13)22(10-12)11-17-19-15(20-24-17)8-16(23)18-2/h4-7,12H,8-11H2,1-3H3,(H,18,23). The molecule has 2 heterocycles. The molecule has 0 saturated heterocycles. The molecule has 0 saturated carbocycles. The molecule has 1 aliphatic heterocycles. The molecule has 7 heteroatoms. The van der Waals surface area contributed by atoms with Gasteiger partial charge in [0.05, 0.1) is 24.3 Å². The summed E-state index contributed by atoms with van der Waals surface area (Å²) >= 11 is 0. The summed E-state index contributed by atoms with van der Waals surface area (Å²) in [6.07, 6.45) is 0.135. The fourth-order valence-electron chi connectivity index (χ4n) is 3.12. The first kappa shape index (κ1) is 16.3. The van der Waals surface area contributed by atoms with Crippen molar-refractivity contribution in [2.45, 2.75) is 19.9 Å². The van der Waals surface area contributed by atoms with Crippen LogP contribution >= 0.6 is 0 Å². The zero-order chi connectivity index (χ0) is 17.1. The lowest BCUT2D eigenvalue weighted by atomic mass is 10.1. The number of carbonyl (C=O) groups excluding carboxylic acids is 1. The van der Waals surface area contributed by atoms with Crippen LogP contribution in [-0.4, -0.2) is 43.2 Å². The molecule has 3 rings (SSSR count). The van der Waals surface area contributed by atoms with E-state index in [1.54, 1.807) is 7.05 Å². The van der Waals surface area contributed by atoms with E-state index >= 15 is 0 Å². The number of anilines is 2. The van der Waals surface area contributed by atoms with Gasteiger partial charge in [-0.2, -0.15) is 4.98 Å². The van der Waals surface area contributed by atoms with Crippen LogP contribution in [-0.2, 0) is 17.8 Å². The van der Waals surface area contributed by atoms with Crippen molar-refractivity contribution in [3.05, 3.63) is 36.0 Å². The largest absolute Gasteiger partial charge is 0.373 e. The second-order valence-corrected chi connectivity index (χ2v) is 6.31. The molecule has 128 valence electrons. The Balaban J connectivity index is 1.81. The van der Waals surface area contributed by atoms with Gasteiger partial charge < -0.3 is 19.6 Å². The summed E-state index contributed by atoms with van der Waals surface area (Å²) < 4.78 is 5.33. The Morgan fingerprint density at radius 1 is 1.33 bits per heavy atom. The Morgan fingerprint density at radius 3 is 2.83 bits per heavy atom. The predicted molar refractivity (Wildman–Crippen MR) is 92.0 cm³/mol. The topological polar surface area (TPSA) is 74.5 Å². The van der Waals surface area contributed by atoms with Crippen LogP contribution < -0.4 is 15.1 Å². The highest BCUT2D eigenvalue weighted by Gasteiger charge is 2.24. The van der Waals surface area contributed by atoms with Crippen molar-refractivity contribution in [2.24, 2.45) is 5.92 Å². The molecule has 1 aromatic heterocycles. The number of aromatic nitrogens is 2. The molecule has 1 N–H and O–H groups in total. The highest BCUT2D eigenvalue weighted by Crippen LogP contribution is 2.33. The highest BCUT2D eigenvalue weighted by molar-refractivity contribution is 5.77. The highest BCUT2D eigenvalue weighted by atomic mass is 16.5. The maximum Gasteiger partial charge on any atom is 0.246 e. The first-order chi connectivity index (χ1) is 11.6. The van der Waals surface area contributed by atoms with Gasteiger partial charge in [0.15, 0.2) is 5.82 Å². The molecule has 1 aliphatic rings. The van der Waals surface area contributed by atoms with Crippen LogP contribution in [0.4, 0.5) is 11.4 Å². The number of carbonyl (C=O) groups is 1. The number of benzene rings is 1. The Bertz CT molecular complexity index is 715. The Morgan fingerprint density at radius 2 is 2.08 bits per heavy atom. The molecule has 24 heavy (non-hydrogen) atoms. The maximum absolute atomic E-state index is 11.4. The van der Waals surface area contributed by atoms with Gasteiger partial charge in [-0.1, -0.05) is 24.2 Å². The summed E-state index contributed by atoms with van der Waals surface area (Å²) in [5, 5.41) is 6.46. The number of nitrogens with zero attached hydrogens (tertiary/aromatic N) is 4. The first-order valence-corrected chi connectivity index (χ1v) is 8.14. The number of fused-ring (bicyclic) bond motifs is 1. The molecule has 2 aromatic rings. The average Bonchev–Trinajstić information content (AvgIpc) is 2.96. The Hall–Kier alpha value is -2.57. The predicted octanol–water partition coefficient (Wildman–Crippen LogP) is 1.45. The minimum atomic E-state index is -0.127. The summed E-state index contributed by atoms with van der Waals surface area (Å²) in [4.78, 5) is 20.3. The summed E-state index contributed by atoms with van der Waals surface area (Å²) in [7, 11) is 3.71. The summed E-state index contributed by atoms with van der Waals surface area (Å²) in [6, 6.07) is 8.34. The van der Waals surface area contributed by atoms with Crippen molar-refractivity contribution in [1.82, 2.24) is 15.5 Å². The second-order valence-electron chi connectivity index (χ2n) is 6.31. The number of nitrogens with one attached hydrogen (secondary N) is 1. The fraction of sp³-hybridized carbons (Fsp3) is 0.471. The quantitative estimate of drug-likeness (QED) is 0.915. The van der Waals surface area contributed by atoms with Gasteiger partial charge in [-0.3, -0.25) is 4.79 Å². The van der Waals surface area contributed by atoms with Crippen molar-refractivity contribution >= 4 is 17.3 Å². The van der Waals surface area contributed by atoms with Crippen molar-refractivity contribution < 1.29 is 9.32 Å². The second kappa shape index (κ2) is 6.90. The summed E-state index contributed by atoms with van der Waals surface area (Å²) in [6.45, 7) is 4.68. The molecule has 0 spiro atoms. The molecule has 0 radical (unpaired) electrons. The van der Waals surface area contributed by atoms with Crippen molar-refractivity contribution in [3.63, 3.8) is 0 Å². The third-order valence-corrected chi connectivity index (χ3v) is 4.19. The first-order valence-electron chi connectivity index (χ1n) is 8.14. The van der Waals surface area contributed by atoms with Crippen molar-refractivity contribution in [1.29, 1.82) is 0 Å². The molecule has 1 unspecified atom stereocenters. The van der Waals surface area contributed by atoms with Gasteiger partial charge in [0.25, 0.3) is 0 Å². The molecular weight excluding hydrogens is 306 g/mol. The zero-order valence-electron chi connectivity index (χ0n) is 14.3. The van der Waals surface area contributed by atoms with E-state index in [-0.39, 0.29) is 12.3 Å². The van der Waals surface area contributed by atoms with E-state index in [0.717, 1.165) is 18.8 Å². The van der Waals surface area contributed by atoms with E-state index in [9.17, 15) is 4.79 Å². The van der Waals surface area contributed by atoms with E-state index in [2.05, 4.69) is 57.4 Å². The minimum absolute atomic E-state index is 0.127. The van der Waals surface area contributed by atoms with Crippen LogP contribution in [0.15, 0.2) is 28.8 Å². The van der Waals surface area contributed by atoms with Crippen LogP contribution in [0, 0.1) is 5.92 Å². The molecule has 1 atom stereocenters. The summed E-state index contributed by atoms with van der Waals surface area (Å²) in [5.74, 6) is 1.33. The summed E-state index contributed by atoms with van der Waals surface area (Å²) in [5.41, 5.74) is 2.36. The molecule has 0 aliphatic carbocycles. The Labute approximate surface area is 141 Å². The van der Waals surface area contributed by atoms with Gasteiger partial charge in [-0.15, -0.1) is 0 Å². The van der Waals surface area contributed by atoms with Crippen molar-refractivity contribution in [3.8, 4) is 0 Å². The zero-order valence-corrected chi connectivity index (χ0v) is 14.3. The van der Waals surface area contributed by atoms with E-state index in [1.807, 2.05) is 6.07 Å². The lowest BCUT2D eigenvalue weighted by Crippen LogP contribution is -2.29. The van der Waals surface area contributed by atoms with Crippen LogP contribution in [0.2, 0.25) is 0 Å². The SMILES string of the molecule is CNC(=O)Cc1noc(CN2CC(C)CN(C)c3ccccc32)n1. The van der Waals surface area contributed by atoms with Crippen LogP contribution in [0.1, 0.15) is 18.6 Å². The number of hydrogen-bond donors (Lipinski definition) is 1. The van der Waals surface area contributed by atoms with Gasteiger partial charge in [-0.05, 0) is 18.1 Å². The average molecular weight is 329 g/mol. The van der Waals surface area contributed by atoms with Crippen LogP contribution in [0.25, 0.3) is 0 Å². The van der Waals surface area contributed by atoms with E-state index in [4.69, 9.17) is 4.52 Å². The third kappa shape index (κ3) is 3.50. The monoisotopic (exact) mass is 329 g/mol. The van der Waals surface area contributed by atoms with Gasteiger partial charge in [0, 0.05) is 27.2 Å². The van der Waals surface area contributed by atoms with Gasteiger partial charge in [-0.25, -0.2) is 0 Å². The van der Waals surface area contributed by atoms with E-state index in [0.29, 0.717) is 24.2 Å². The molecule has 7 nitrogen and oxygen atoms in total. The van der Waals surface area contributed by atoms with E-state index in [1.165, 1.54) is 5.69 Å². The van der Waals surface area contributed by atoms with Gasteiger partial charge >= 0.3 is 0 Å². The van der Waals surface area contributed by atoms with Crippen LogP contribution in [0.5, 0.6) is 0 Å². The lowest BCUT2D eigenvalue weighted by Gasteiger charge is -2.24. The number of para-hydroxylation sites is 2. The number of amides is 1. The van der Waals surface area contributed by atoms with Gasteiger partial charge in [0.1, 0.15) is 0 Å². The lowest BCUT2D eigenvalue weighted by molar-refractivity contribution is -0.120. The van der Waals surface area contributed by atoms with Crippen LogP contribution in [0.3, 0.4) is 0 Å². The normalized spacial score (nSPS) is 17.4. The number of rotatable bonds is 4. The molecule has 1 amide bonds. The van der Waals surface area contributed by atoms with Gasteiger partial charge in [0.2, 0.25) is 11.8 Å². The Kier molecular flexibility index (Phi) is 4.69. The van der Waals surface area contributed by atoms with E-state index < -0.39 is 0 Å². The smallest absolute Gasteiger partial charge is 0.246 e.